The molecule has 1 amide bonds. The predicted octanol–water partition coefficient (Wildman–Crippen LogP) is 1.23. The largest absolute Gasteiger partial charge is 0.455 e. The number of carbonyl (C=O) groups is 2. The highest BCUT2D eigenvalue weighted by Gasteiger charge is 2.54. The Bertz CT molecular complexity index is 439. The number of nitro groups is 1. The van der Waals surface area contributed by atoms with Crippen LogP contribution in [0.15, 0.2) is 0 Å². The van der Waals surface area contributed by atoms with Gasteiger partial charge in [-0.05, 0) is 18.8 Å². The number of nitrogens with zero attached hydrogens (tertiary/aromatic N) is 2. The maximum atomic E-state index is 12.1. The molecule has 4 atom stereocenters. The van der Waals surface area contributed by atoms with E-state index < -0.39 is 22.9 Å². The van der Waals surface area contributed by atoms with Crippen LogP contribution in [0.5, 0.6) is 0 Å². The maximum Gasteiger partial charge on any atom is 0.316 e. The first kappa shape index (κ1) is 15.7. The van der Waals surface area contributed by atoms with Gasteiger partial charge < -0.3 is 9.64 Å². The number of carbonyl (C=O) groups excluding carboxylic acids is 2. The molecule has 0 aromatic rings. The Balaban J connectivity index is 1.76. The Morgan fingerprint density at radius 1 is 1.33 bits per heavy atom. The first-order chi connectivity index (χ1) is 9.91. The van der Waals surface area contributed by atoms with Crippen LogP contribution in [-0.4, -0.2) is 47.4 Å². The van der Waals surface area contributed by atoms with E-state index in [-0.39, 0.29) is 25.0 Å². The van der Waals surface area contributed by atoms with E-state index >= 15 is 0 Å². The zero-order chi connectivity index (χ0) is 15.6. The lowest BCUT2D eigenvalue weighted by atomic mass is 9.85. The van der Waals surface area contributed by atoms with Crippen molar-refractivity contribution in [1.82, 2.24) is 4.90 Å². The van der Waals surface area contributed by atoms with Gasteiger partial charge in [0.1, 0.15) is 5.92 Å². The molecule has 7 heteroatoms. The SMILES string of the molecule is C[C@@H]1CCCC[C@@H]1N(C)C(=O)COC(=O)[C@H]1C[C@@H]1[N+](=O)[O-]. The summed E-state index contributed by atoms with van der Waals surface area (Å²) in [5, 5.41) is 10.5. The number of rotatable bonds is 5. The molecule has 0 saturated heterocycles. The van der Waals surface area contributed by atoms with Crippen molar-refractivity contribution in [2.45, 2.75) is 51.1 Å². The highest BCUT2D eigenvalue weighted by Crippen LogP contribution is 2.34. The van der Waals surface area contributed by atoms with Gasteiger partial charge in [-0.25, -0.2) is 0 Å². The fourth-order valence-corrected chi connectivity index (χ4v) is 3.07. The number of amides is 1. The monoisotopic (exact) mass is 298 g/mol. The molecule has 0 aromatic heterocycles. The first-order valence-corrected chi connectivity index (χ1v) is 7.47. The van der Waals surface area contributed by atoms with Gasteiger partial charge in [-0.15, -0.1) is 0 Å². The van der Waals surface area contributed by atoms with E-state index in [0.29, 0.717) is 5.92 Å². The topological polar surface area (TPSA) is 89.8 Å². The van der Waals surface area contributed by atoms with Gasteiger partial charge in [-0.2, -0.15) is 0 Å². The molecule has 0 radical (unpaired) electrons. The Labute approximate surface area is 123 Å². The van der Waals surface area contributed by atoms with Gasteiger partial charge >= 0.3 is 5.97 Å². The minimum absolute atomic E-state index is 0.192. The Morgan fingerprint density at radius 3 is 2.57 bits per heavy atom. The molecule has 0 N–H and O–H groups in total. The normalized spacial score (nSPS) is 31.3. The Morgan fingerprint density at radius 2 is 2.00 bits per heavy atom. The van der Waals surface area contributed by atoms with Crippen molar-refractivity contribution in [2.24, 2.45) is 11.8 Å². The van der Waals surface area contributed by atoms with Crippen molar-refractivity contribution in [1.29, 1.82) is 0 Å². The van der Waals surface area contributed by atoms with Crippen molar-refractivity contribution >= 4 is 11.9 Å². The van der Waals surface area contributed by atoms with E-state index in [9.17, 15) is 19.7 Å². The van der Waals surface area contributed by atoms with Gasteiger partial charge in [0.15, 0.2) is 6.61 Å². The Kier molecular flexibility index (Phi) is 4.80. The van der Waals surface area contributed by atoms with Crippen molar-refractivity contribution in [2.75, 3.05) is 13.7 Å². The molecule has 2 aliphatic carbocycles. The second-order valence-corrected chi connectivity index (χ2v) is 6.14. The number of likely N-dealkylation sites (N-methyl/N-ethyl adjacent to an activating group) is 1. The minimum Gasteiger partial charge on any atom is -0.455 e. The third-order valence-corrected chi connectivity index (χ3v) is 4.63. The molecule has 0 aromatic carbocycles. The summed E-state index contributed by atoms with van der Waals surface area (Å²) in [5.74, 6) is -1.09. The maximum absolute atomic E-state index is 12.1. The molecule has 2 aliphatic rings. The molecule has 7 nitrogen and oxygen atoms in total. The lowest BCUT2D eigenvalue weighted by molar-refractivity contribution is -0.497. The standard InChI is InChI=1S/C14H22N2O5/c1-9-5-3-4-6-11(9)15(2)13(17)8-21-14(18)10-7-12(10)16(19)20/h9-12H,3-8H2,1-2H3/t9-,10+,11+,12+/m1/s1. The molecule has 2 fully saturated rings. The fraction of sp³-hybridized carbons (Fsp3) is 0.857. The second-order valence-electron chi connectivity index (χ2n) is 6.14. The average molecular weight is 298 g/mol. The molecule has 2 rings (SSSR count). The molecule has 118 valence electrons. The summed E-state index contributed by atoms with van der Waals surface area (Å²) in [7, 11) is 1.74. The number of esters is 1. The molecule has 0 aliphatic heterocycles. The van der Waals surface area contributed by atoms with E-state index in [0.717, 1.165) is 19.3 Å². The molecular formula is C14H22N2O5. The number of hydrogen-bond acceptors (Lipinski definition) is 5. The van der Waals surface area contributed by atoms with Crippen molar-refractivity contribution in [3.8, 4) is 0 Å². The van der Waals surface area contributed by atoms with E-state index in [4.69, 9.17) is 4.74 Å². The van der Waals surface area contributed by atoms with Crippen LogP contribution in [0, 0.1) is 22.0 Å². The summed E-state index contributed by atoms with van der Waals surface area (Å²) in [5.41, 5.74) is 0. The Hall–Kier alpha value is -1.66. The van der Waals surface area contributed by atoms with E-state index in [1.165, 1.54) is 6.42 Å². The van der Waals surface area contributed by atoms with Gasteiger partial charge in [-0.3, -0.25) is 19.7 Å². The lowest BCUT2D eigenvalue weighted by Gasteiger charge is -2.36. The molecule has 0 bridgehead atoms. The second kappa shape index (κ2) is 6.41. The molecule has 0 heterocycles. The van der Waals surface area contributed by atoms with Gasteiger partial charge in [0.05, 0.1) is 0 Å². The van der Waals surface area contributed by atoms with Crippen molar-refractivity contribution in [3.63, 3.8) is 0 Å². The summed E-state index contributed by atoms with van der Waals surface area (Å²) in [6.45, 7) is 1.81. The summed E-state index contributed by atoms with van der Waals surface area (Å²) >= 11 is 0. The van der Waals surface area contributed by atoms with Crippen LogP contribution < -0.4 is 0 Å². The smallest absolute Gasteiger partial charge is 0.316 e. The summed E-state index contributed by atoms with van der Waals surface area (Å²) in [4.78, 5) is 35.3. The molecular weight excluding hydrogens is 276 g/mol. The van der Waals surface area contributed by atoms with E-state index in [2.05, 4.69) is 6.92 Å². The van der Waals surface area contributed by atoms with Gasteiger partial charge in [0, 0.05) is 24.4 Å². The first-order valence-electron chi connectivity index (χ1n) is 7.47. The minimum atomic E-state index is -0.830. The summed E-state index contributed by atoms with van der Waals surface area (Å²) in [6, 6.07) is -0.638. The fourth-order valence-electron chi connectivity index (χ4n) is 3.07. The van der Waals surface area contributed by atoms with Gasteiger partial charge in [0.25, 0.3) is 5.91 Å². The molecule has 21 heavy (non-hydrogen) atoms. The summed E-state index contributed by atoms with van der Waals surface area (Å²) in [6.07, 6.45) is 4.60. The zero-order valence-electron chi connectivity index (χ0n) is 12.5. The van der Waals surface area contributed by atoms with Crippen molar-refractivity contribution < 1.29 is 19.2 Å². The molecule has 2 saturated carbocycles. The van der Waals surface area contributed by atoms with Crippen LogP contribution in [0.25, 0.3) is 0 Å². The van der Waals surface area contributed by atoms with Gasteiger partial charge in [0.2, 0.25) is 6.04 Å². The third-order valence-electron chi connectivity index (χ3n) is 4.63. The van der Waals surface area contributed by atoms with Crippen LogP contribution >= 0.6 is 0 Å². The number of ether oxygens (including phenoxy) is 1. The zero-order valence-corrected chi connectivity index (χ0v) is 12.5. The average Bonchev–Trinajstić information content (AvgIpc) is 3.24. The predicted molar refractivity (Wildman–Crippen MR) is 74.0 cm³/mol. The van der Waals surface area contributed by atoms with Crippen LogP contribution in [0.2, 0.25) is 0 Å². The summed E-state index contributed by atoms with van der Waals surface area (Å²) < 4.78 is 4.92. The highest BCUT2D eigenvalue weighted by molar-refractivity contribution is 5.82. The van der Waals surface area contributed by atoms with Crippen LogP contribution in [0.1, 0.15) is 39.0 Å². The van der Waals surface area contributed by atoms with E-state index in [1.54, 1.807) is 11.9 Å². The third kappa shape index (κ3) is 3.71. The quantitative estimate of drug-likeness (QED) is 0.432. The number of hydrogen-bond donors (Lipinski definition) is 0. The molecule has 0 spiro atoms. The lowest BCUT2D eigenvalue weighted by Crippen LogP contribution is -2.44. The van der Waals surface area contributed by atoms with Crippen LogP contribution in [0.4, 0.5) is 0 Å². The van der Waals surface area contributed by atoms with E-state index in [1.807, 2.05) is 0 Å². The molecule has 0 unspecified atom stereocenters. The van der Waals surface area contributed by atoms with Gasteiger partial charge in [-0.1, -0.05) is 19.8 Å². The van der Waals surface area contributed by atoms with Crippen LogP contribution in [-0.2, 0) is 14.3 Å². The van der Waals surface area contributed by atoms with Crippen molar-refractivity contribution in [3.05, 3.63) is 10.1 Å². The highest BCUT2D eigenvalue weighted by atomic mass is 16.6. The van der Waals surface area contributed by atoms with Crippen LogP contribution in [0.3, 0.4) is 0 Å².